The standard InChI is InChI=1S/C11H11N5S/c1-7-5-15-11(17-7)6-14-10-3-2-8(13)9(4-12)16-10/h2-3,5H,6,13H2,1H3,(H,14,16). The van der Waals surface area contributed by atoms with E-state index < -0.39 is 0 Å². The van der Waals surface area contributed by atoms with Crippen molar-refractivity contribution in [1.29, 1.82) is 5.26 Å². The molecule has 0 aliphatic carbocycles. The second kappa shape index (κ2) is 4.80. The Bertz CT molecular complexity index is 569. The molecule has 0 spiro atoms. The molecule has 0 amide bonds. The zero-order chi connectivity index (χ0) is 12.3. The number of pyridine rings is 1. The first-order chi connectivity index (χ1) is 8.19. The van der Waals surface area contributed by atoms with Crippen LogP contribution in [0.25, 0.3) is 0 Å². The van der Waals surface area contributed by atoms with Crippen molar-refractivity contribution in [3.05, 3.63) is 33.9 Å². The van der Waals surface area contributed by atoms with E-state index in [2.05, 4.69) is 15.3 Å². The van der Waals surface area contributed by atoms with Crippen molar-refractivity contribution >= 4 is 22.8 Å². The molecule has 0 aromatic carbocycles. The van der Waals surface area contributed by atoms with E-state index in [1.165, 1.54) is 4.88 Å². The van der Waals surface area contributed by atoms with E-state index in [1.54, 1.807) is 23.5 Å². The Kier molecular flexibility index (Phi) is 3.21. The van der Waals surface area contributed by atoms with Crippen LogP contribution >= 0.6 is 11.3 Å². The van der Waals surface area contributed by atoms with Crippen LogP contribution in [0.4, 0.5) is 11.5 Å². The molecule has 86 valence electrons. The maximum absolute atomic E-state index is 8.80. The first kappa shape index (κ1) is 11.4. The molecule has 2 aromatic heterocycles. The molecule has 0 bridgehead atoms. The average Bonchev–Trinajstić information content (AvgIpc) is 2.74. The summed E-state index contributed by atoms with van der Waals surface area (Å²) in [5.74, 6) is 0.628. The van der Waals surface area contributed by atoms with E-state index in [1.807, 2.05) is 19.2 Å². The highest BCUT2D eigenvalue weighted by molar-refractivity contribution is 7.11. The van der Waals surface area contributed by atoms with Gasteiger partial charge in [0.05, 0.1) is 12.2 Å². The molecule has 17 heavy (non-hydrogen) atoms. The van der Waals surface area contributed by atoms with Crippen molar-refractivity contribution in [3.63, 3.8) is 0 Å². The maximum atomic E-state index is 8.80. The molecule has 2 rings (SSSR count). The molecule has 0 fully saturated rings. The number of nitrogens with zero attached hydrogens (tertiary/aromatic N) is 3. The molecule has 0 atom stereocenters. The summed E-state index contributed by atoms with van der Waals surface area (Å²) in [6, 6.07) is 5.36. The number of aromatic nitrogens is 2. The number of thiazole rings is 1. The van der Waals surface area contributed by atoms with Crippen molar-refractivity contribution < 1.29 is 0 Å². The summed E-state index contributed by atoms with van der Waals surface area (Å²) in [4.78, 5) is 9.49. The number of nitrogens with one attached hydrogen (secondary N) is 1. The highest BCUT2D eigenvalue weighted by Crippen LogP contribution is 2.15. The summed E-state index contributed by atoms with van der Waals surface area (Å²) in [6.45, 7) is 2.61. The quantitative estimate of drug-likeness (QED) is 0.862. The second-order valence-electron chi connectivity index (χ2n) is 3.46. The van der Waals surface area contributed by atoms with Gasteiger partial charge in [-0.25, -0.2) is 9.97 Å². The van der Waals surface area contributed by atoms with Crippen molar-refractivity contribution in [2.45, 2.75) is 13.5 Å². The van der Waals surface area contributed by atoms with Gasteiger partial charge in [-0.05, 0) is 19.1 Å². The Labute approximate surface area is 103 Å². The van der Waals surface area contributed by atoms with Gasteiger partial charge in [0.25, 0.3) is 0 Å². The molecule has 0 aliphatic rings. The predicted octanol–water partition coefficient (Wildman–Crippen LogP) is 1.91. The van der Waals surface area contributed by atoms with Crippen LogP contribution in [-0.2, 0) is 6.54 Å². The number of hydrogen-bond acceptors (Lipinski definition) is 6. The lowest BCUT2D eigenvalue weighted by Gasteiger charge is -2.04. The Hall–Kier alpha value is -2.13. The number of rotatable bonds is 3. The van der Waals surface area contributed by atoms with Crippen LogP contribution in [0, 0.1) is 18.3 Å². The van der Waals surface area contributed by atoms with Gasteiger partial charge in [-0.15, -0.1) is 11.3 Å². The van der Waals surface area contributed by atoms with Gasteiger partial charge in [0.15, 0.2) is 5.69 Å². The summed E-state index contributed by atoms with van der Waals surface area (Å²) in [5.41, 5.74) is 6.22. The third kappa shape index (κ3) is 2.71. The predicted molar refractivity (Wildman–Crippen MR) is 67.5 cm³/mol. The first-order valence-electron chi connectivity index (χ1n) is 5.01. The molecule has 3 N–H and O–H groups in total. The molecular formula is C11H11N5S. The van der Waals surface area contributed by atoms with E-state index in [-0.39, 0.29) is 5.69 Å². The Balaban J connectivity index is 2.07. The van der Waals surface area contributed by atoms with Crippen molar-refractivity contribution in [1.82, 2.24) is 9.97 Å². The van der Waals surface area contributed by atoms with Gasteiger partial charge in [-0.3, -0.25) is 0 Å². The maximum Gasteiger partial charge on any atom is 0.165 e. The summed E-state index contributed by atoms with van der Waals surface area (Å²) >= 11 is 1.63. The zero-order valence-corrected chi connectivity index (χ0v) is 10.1. The van der Waals surface area contributed by atoms with E-state index in [9.17, 15) is 0 Å². The summed E-state index contributed by atoms with van der Waals surface area (Å²) in [7, 11) is 0. The van der Waals surface area contributed by atoms with Crippen molar-refractivity contribution in [2.75, 3.05) is 11.1 Å². The van der Waals surface area contributed by atoms with E-state index in [4.69, 9.17) is 11.0 Å². The highest BCUT2D eigenvalue weighted by Gasteiger charge is 2.03. The normalized spacial score (nSPS) is 9.88. The van der Waals surface area contributed by atoms with E-state index >= 15 is 0 Å². The van der Waals surface area contributed by atoms with Gasteiger partial charge in [0.2, 0.25) is 0 Å². The molecule has 2 heterocycles. The van der Waals surface area contributed by atoms with Crippen LogP contribution in [0.2, 0.25) is 0 Å². The van der Waals surface area contributed by atoms with Gasteiger partial charge in [0.1, 0.15) is 16.9 Å². The monoisotopic (exact) mass is 245 g/mol. The van der Waals surface area contributed by atoms with Gasteiger partial charge >= 0.3 is 0 Å². The minimum absolute atomic E-state index is 0.241. The third-order valence-electron chi connectivity index (χ3n) is 2.12. The Morgan fingerprint density at radius 1 is 1.53 bits per heavy atom. The topological polar surface area (TPSA) is 87.6 Å². The minimum Gasteiger partial charge on any atom is -0.396 e. The summed E-state index contributed by atoms with van der Waals surface area (Å²) < 4.78 is 0. The number of nitriles is 1. The first-order valence-corrected chi connectivity index (χ1v) is 5.82. The Morgan fingerprint density at radius 2 is 2.35 bits per heavy atom. The highest BCUT2D eigenvalue weighted by atomic mass is 32.1. The van der Waals surface area contributed by atoms with Crippen LogP contribution in [0.15, 0.2) is 18.3 Å². The number of nitrogen functional groups attached to an aromatic ring is 1. The summed E-state index contributed by atoms with van der Waals surface area (Å²) in [5, 5.41) is 12.9. The Morgan fingerprint density at radius 3 is 3.00 bits per heavy atom. The average molecular weight is 245 g/mol. The van der Waals surface area contributed by atoms with Gasteiger partial charge in [-0.2, -0.15) is 5.26 Å². The van der Waals surface area contributed by atoms with Gasteiger partial charge < -0.3 is 11.1 Å². The SMILES string of the molecule is Cc1cnc(CNc2ccc(N)c(C#N)n2)s1. The fourth-order valence-electron chi connectivity index (χ4n) is 1.31. The summed E-state index contributed by atoms with van der Waals surface area (Å²) in [6.07, 6.45) is 1.83. The molecular weight excluding hydrogens is 234 g/mol. The molecule has 0 saturated heterocycles. The number of anilines is 2. The lowest BCUT2D eigenvalue weighted by Crippen LogP contribution is -2.03. The van der Waals surface area contributed by atoms with Crippen LogP contribution in [0.5, 0.6) is 0 Å². The zero-order valence-electron chi connectivity index (χ0n) is 9.27. The molecule has 0 radical (unpaired) electrons. The molecule has 0 saturated carbocycles. The number of hydrogen-bond donors (Lipinski definition) is 2. The minimum atomic E-state index is 0.241. The largest absolute Gasteiger partial charge is 0.396 e. The molecule has 5 nitrogen and oxygen atoms in total. The van der Waals surface area contributed by atoms with Crippen molar-refractivity contribution in [2.24, 2.45) is 0 Å². The third-order valence-corrected chi connectivity index (χ3v) is 3.03. The van der Waals surface area contributed by atoms with Crippen LogP contribution in [-0.4, -0.2) is 9.97 Å². The molecule has 6 heteroatoms. The van der Waals surface area contributed by atoms with Crippen LogP contribution < -0.4 is 11.1 Å². The molecule has 0 aliphatic heterocycles. The lowest BCUT2D eigenvalue weighted by molar-refractivity contribution is 1.07. The van der Waals surface area contributed by atoms with Gasteiger partial charge in [0, 0.05) is 11.1 Å². The van der Waals surface area contributed by atoms with Crippen molar-refractivity contribution in [3.8, 4) is 6.07 Å². The molecule has 2 aromatic rings. The van der Waals surface area contributed by atoms with E-state index in [0.717, 1.165) is 5.01 Å². The van der Waals surface area contributed by atoms with Crippen LogP contribution in [0.3, 0.4) is 0 Å². The van der Waals surface area contributed by atoms with E-state index in [0.29, 0.717) is 18.1 Å². The lowest BCUT2D eigenvalue weighted by atomic mass is 10.3. The van der Waals surface area contributed by atoms with Crippen LogP contribution in [0.1, 0.15) is 15.6 Å². The number of nitrogens with two attached hydrogens (primary N) is 1. The second-order valence-corrected chi connectivity index (χ2v) is 4.78. The number of aryl methyl sites for hydroxylation is 1. The molecule has 0 unspecified atom stereocenters. The van der Waals surface area contributed by atoms with Gasteiger partial charge in [-0.1, -0.05) is 0 Å². The fourth-order valence-corrected chi connectivity index (χ4v) is 2.03. The fraction of sp³-hybridized carbons (Fsp3) is 0.182. The smallest absolute Gasteiger partial charge is 0.165 e.